The minimum atomic E-state index is -0.944. The molecule has 18 aliphatic rings. The van der Waals surface area contributed by atoms with Crippen molar-refractivity contribution in [2.75, 3.05) is 47.8 Å². The lowest BCUT2D eigenvalue weighted by molar-refractivity contribution is -0.334. The second-order valence-corrected chi connectivity index (χ2v) is 46.7. The molecule has 16 bridgehead atoms. The van der Waals surface area contributed by atoms with Gasteiger partial charge in [0.1, 0.15) is 76.9 Å². The number of rotatable bonds is 34. The molecule has 0 amide bonds. The minimum absolute atomic E-state index is 0.0543. The molecule has 0 aliphatic heterocycles. The molecule has 18 saturated carbocycles. The van der Waals surface area contributed by atoms with E-state index in [0.29, 0.717) is 109 Å². The van der Waals surface area contributed by atoms with Gasteiger partial charge in [-0.15, -0.1) is 0 Å². The van der Waals surface area contributed by atoms with Gasteiger partial charge in [-0.2, -0.15) is 0 Å². The molecule has 728 valence electrons. The Kier molecular flexibility index (Phi) is 31.8. The Hall–Kier alpha value is -4.71. The summed E-state index contributed by atoms with van der Waals surface area (Å²) in [4.78, 5) is 90.8. The van der Waals surface area contributed by atoms with E-state index in [0.717, 1.165) is 135 Å². The van der Waals surface area contributed by atoms with E-state index in [1.54, 1.807) is 55.8 Å². The number of esters is 4. The molecule has 0 radical (unpaired) electrons. The maximum absolute atomic E-state index is 13.3. The average molecular weight is 1800 g/mol. The van der Waals surface area contributed by atoms with Gasteiger partial charge in [0.25, 0.3) is 0 Å². The summed E-state index contributed by atoms with van der Waals surface area (Å²) in [6, 6.07) is 0. The number of hydrogen-bond donors (Lipinski definition) is 0. The third-order valence-electron chi connectivity index (χ3n) is 31.0. The smallest absolute Gasteiger partial charge is 0.458 e. The first-order valence-corrected chi connectivity index (χ1v) is 48.9. The van der Waals surface area contributed by atoms with Crippen molar-refractivity contribution in [2.24, 2.45) is 45.3 Å². The first kappa shape index (κ1) is 103. The molecule has 0 heterocycles. The molecule has 12 unspecified atom stereocenters. The lowest BCUT2D eigenvalue weighted by Crippen LogP contribution is -2.69. The number of ether oxygens (including phenoxy) is 20. The normalized spacial score (nSPS) is 36.0. The molecule has 18 rings (SSSR count). The maximum Gasteiger partial charge on any atom is 0.509 e. The van der Waals surface area contributed by atoms with E-state index in [4.69, 9.17) is 94.7 Å². The molecule has 0 saturated heterocycles. The van der Waals surface area contributed by atoms with Crippen LogP contribution in [0.3, 0.4) is 0 Å². The zero-order valence-corrected chi connectivity index (χ0v) is 82.5. The van der Waals surface area contributed by atoms with E-state index in [1.807, 2.05) is 111 Å². The van der Waals surface area contributed by atoms with Crippen molar-refractivity contribution < 1.29 is 128 Å². The highest BCUT2D eigenvalue weighted by Gasteiger charge is 2.73. The highest BCUT2D eigenvalue weighted by molar-refractivity contribution is 5.78. The van der Waals surface area contributed by atoms with Gasteiger partial charge in [0, 0.05) is 104 Å². The first-order valence-electron chi connectivity index (χ1n) is 48.9. The van der Waals surface area contributed by atoms with Crippen molar-refractivity contribution in [2.45, 2.75) is 500 Å². The standard InChI is InChI=1S/C30H48O7.C26H42O8.C24H42O6.C20H34O6/c1-4-27(2,3)25(31)36-29-16-22-15-28(18-29,34-21-33-23-11-7-5-8-12-23)19-30(17-22,20-29)37-26(32)35-24-13-9-6-10-14-24;1-10-23(8,9)18(27)30-24-11-17-12-25(14-24,33-19(28)31-21(2,3)4)16-26(13-17,15-24)34-20(29)32-22(5,6)7;1-8-21(6,7)20(25)30-24-13-19-11-22(15-24,28-17(4)26-9-2)14-23(12-19,16-24)29-18(5)27-10-3;1-6-17(2,3)16(21)26-20-9-15-7-18(11-20,24-13-22-4)10-19(8-15,12-20)25-14-23-5/h22-24H,4-21H2,1-3H3;17H,10-16H2,1-9H3;17-19H,8-16H2,1-7H3;15H,6-14H2,1-5H3. The van der Waals surface area contributed by atoms with Crippen molar-refractivity contribution >= 4 is 42.3 Å². The summed E-state index contributed by atoms with van der Waals surface area (Å²) in [7, 11) is 3.27. The van der Waals surface area contributed by atoms with Crippen LogP contribution in [0.25, 0.3) is 0 Å². The van der Waals surface area contributed by atoms with Gasteiger partial charge in [-0.3, -0.25) is 19.2 Å². The summed E-state index contributed by atoms with van der Waals surface area (Å²) in [5.41, 5.74) is -10.8. The molecule has 0 N–H and O–H groups in total. The van der Waals surface area contributed by atoms with E-state index >= 15 is 0 Å². The molecule has 0 spiro atoms. The van der Waals surface area contributed by atoms with Gasteiger partial charge in [-0.25, -0.2) is 14.4 Å². The Labute approximate surface area is 759 Å². The molecule has 0 aromatic rings. The van der Waals surface area contributed by atoms with Crippen LogP contribution in [0, 0.1) is 45.3 Å². The summed E-state index contributed by atoms with van der Waals surface area (Å²) in [5.74, 6) is 0.463. The highest BCUT2D eigenvalue weighted by atomic mass is 16.8. The van der Waals surface area contributed by atoms with Crippen molar-refractivity contribution in [3.8, 4) is 0 Å². The lowest BCUT2D eigenvalue weighted by Gasteiger charge is -2.65. The largest absolute Gasteiger partial charge is 0.509 e. The van der Waals surface area contributed by atoms with Crippen molar-refractivity contribution in [3.05, 3.63) is 0 Å². The van der Waals surface area contributed by atoms with E-state index in [2.05, 4.69) is 0 Å². The van der Waals surface area contributed by atoms with Gasteiger partial charge in [-0.1, -0.05) is 53.4 Å². The molecule has 27 heteroatoms. The van der Waals surface area contributed by atoms with Gasteiger partial charge in [0.05, 0.1) is 55.8 Å². The van der Waals surface area contributed by atoms with Crippen LogP contribution in [0.5, 0.6) is 0 Å². The summed E-state index contributed by atoms with van der Waals surface area (Å²) >= 11 is 0. The van der Waals surface area contributed by atoms with Crippen molar-refractivity contribution in [1.82, 2.24) is 0 Å². The molecule has 27 nitrogen and oxygen atoms in total. The number of hydrogen-bond acceptors (Lipinski definition) is 27. The van der Waals surface area contributed by atoms with E-state index in [1.165, 1.54) is 25.7 Å². The van der Waals surface area contributed by atoms with Gasteiger partial charge >= 0.3 is 42.3 Å². The van der Waals surface area contributed by atoms with Crippen LogP contribution in [-0.2, 0) is 114 Å². The third kappa shape index (κ3) is 25.3. The van der Waals surface area contributed by atoms with Crippen LogP contribution in [0.1, 0.15) is 396 Å². The molecule has 127 heavy (non-hydrogen) atoms. The first-order chi connectivity index (χ1) is 59.2. The summed E-state index contributed by atoms with van der Waals surface area (Å²) in [6.45, 7) is 43.9. The van der Waals surface area contributed by atoms with E-state index in [-0.39, 0.29) is 92.1 Å². The third-order valence-corrected chi connectivity index (χ3v) is 31.0. The number of carbonyl (C=O) groups is 7. The fraction of sp³-hybridized carbons (Fsp3) is 0.930. The van der Waals surface area contributed by atoms with Crippen LogP contribution < -0.4 is 0 Å². The topological polar surface area (TPSA) is 304 Å². The molecular weight excluding hydrogens is 1630 g/mol. The average Bonchev–Trinajstić information content (AvgIpc) is 0.716. The monoisotopic (exact) mass is 1800 g/mol. The fourth-order valence-corrected chi connectivity index (χ4v) is 25.7. The van der Waals surface area contributed by atoms with Gasteiger partial charge < -0.3 is 94.7 Å². The van der Waals surface area contributed by atoms with Gasteiger partial charge in [0.15, 0.2) is 12.6 Å². The Balaban J connectivity index is 0.000000166. The van der Waals surface area contributed by atoms with Crippen LogP contribution in [0.15, 0.2) is 0 Å². The Bertz CT molecular complexity index is 3650. The Morgan fingerprint density at radius 3 is 0.819 bits per heavy atom. The van der Waals surface area contributed by atoms with Gasteiger partial charge in [0.2, 0.25) is 0 Å². The molecule has 18 aliphatic carbocycles. The minimum Gasteiger partial charge on any atom is -0.458 e. The summed E-state index contributed by atoms with van der Waals surface area (Å²) < 4.78 is 120. The molecule has 18 fully saturated rings. The lowest BCUT2D eigenvalue weighted by atomic mass is 9.50. The molecule has 12 atom stereocenters. The maximum atomic E-state index is 13.3. The van der Waals surface area contributed by atoms with Crippen molar-refractivity contribution in [1.29, 1.82) is 0 Å². The van der Waals surface area contributed by atoms with Crippen LogP contribution in [-0.4, -0.2) is 193 Å². The van der Waals surface area contributed by atoms with Crippen LogP contribution in [0.2, 0.25) is 0 Å². The molecule has 0 aromatic carbocycles. The quantitative estimate of drug-likeness (QED) is 0.0328. The van der Waals surface area contributed by atoms with Gasteiger partial charge in [-0.05, 0) is 290 Å². The summed E-state index contributed by atoms with van der Waals surface area (Å²) in [5, 5.41) is 0. The van der Waals surface area contributed by atoms with Crippen LogP contribution in [0.4, 0.5) is 14.4 Å². The van der Waals surface area contributed by atoms with Crippen LogP contribution >= 0.6 is 0 Å². The predicted molar refractivity (Wildman–Crippen MR) is 471 cm³/mol. The second kappa shape index (κ2) is 39.3. The molecular formula is C100H166O27. The SMILES string of the molecule is CCC(C)(C)C(=O)OC12CC3CC(OC(=O)OC(C)(C)C)(CC(OC(=O)OC(C)(C)C)(C3)C1)C2.CCC(C)(C)C(=O)OC12CC3CC(OCOC)(CC(OCOC)(C3)C1)C2.CCC(C)(C)C(=O)OC12CC3CC(OCOC4CCCCC4)(CC(OC(=O)OC4CCCCC4)(C3)C1)C2.CCOC(C)OC12CC3CC(OC(=O)C(C)(C)CC)(C1)CC(OC(C)OCC)(C3)C2. The Morgan fingerprint density at radius 1 is 0.299 bits per heavy atom. The zero-order chi connectivity index (χ0) is 93.2. The zero-order valence-electron chi connectivity index (χ0n) is 82.5. The Morgan fingerprint density at radius 2 is 0.535 bits per heavy atom. The predicted octanol–water partition coefficient (Wildman–Crippen LogP) is 21.5. The fourth-order valence-electron chi connectivity index (χ4n) is 25.7. The number of methoxy groups -OCH3 is 2. The summed E-state index contributed by atoms with van der Waals surface area (Å²) in [6.07, 6.45) is 28.7. The second-order valence-electron chi connectivity index (χ2n) is 46.7. The van der Waals surface area contributed by atoms with E-state index in [9.17, 15) is 33.6 Å². The molecule has 0 aromatic heterocycles. The van der Waals surface area contributed by atoms with E-state index < -0.39 is 107 Å². The highest BCUT2D eigenvalue weighted by Crippen LogP contribution is 2.68. The number of carbonyl (C=O) groups excluding carboxylic acids is 7. The van der Waals surface area contributed by atoms with Crippen molar-refractivity contribution in [3.63, 3.8) is 0 Å².